The standard InChI is InChI=1S/C17H20N4OS/c22-15-7-4-10-21(15)14-8-11-20(12-9-14)17-18-16(19-23-17)13-5-2-1-3-6-13/h1-3,5-6,14H,4,7-12H2. The van der Waals surface area contributed by atoms with Crippen LogP contribution in [0.25, 0.3) is 11.4 Å². The molecular weight excluding hydrogens is 308 g/mol. The van der Waals surface area contributed by atoms with Crippen LogP contribution in [0, 0.1) is 0 Å². The number of nitrogens with zero attached hydrogens (tertiary/aromatic N) is 4. The first-order valence-corrected chi connectivity index (χ1v) is 9.02. The van der Waals surface area contributed by atoms with Gasteiger partial charge in [-0.1, -0.05) is 30.3 Å². The molecule has 0 radical (unpaired) electrons. The topological polar surface area (TPSA) is 49.3 Å². The van der Waals surface area contributed by atoms with E-state index in [1.807, 2.05) is 30.3 Å². The Morgan fingerprint density at radius 3 is 2.57 bits per heavy atom. The van der Waals surface area contributed by atoms with Gasteiger partial charge in [-0.25, -0.2) is 0 Å². The molecule has 1 aromatic carbocycles. The van der Waals surface area contributed by atoms with Crippen molar-refractivity contribution in [3.63, 3.8) is 0 Å². The summed E-state index contributed by atoms with van der Waals surface area (Å²) in [5.74, 6) is 1.15. The van der Waals surface area contributed by atoms with Crippen molar-refractivity contribution in [1.82, 2.24) is 14.3 Å². The summed E-state index contributed by atoms with van der Waals surface area (Å²) in [6, 6.07) is 10.5. The summed E-state index contributed by atoms with van der Waals surface area (Å²) in [4.78, 5) is 21.0. The SMILES string of the molecule is O=C1CCCN1C1CCN(c2nc(-c3ccccc3)ns2)CC1. The van der Waals surface area contributed by atoms with E-state index < -0.39 is 0 Å². The second-order valence-electron chi connectivity index (χ2n) is 6.18. The van der Waals surface area contributed by atoms with Gasteiger partial charge in [-0.2, -0.15) is 9.36 Å². The van der Waals surface area contributed by atoms with E-state index in [9.17, 15) is 4.79 Å². The van der Waals surface area contributed by atoms with Crippen molar-refractivity contribution in [2.24, 2.45) is 0 Å². The summed E-state index contributed by atoms with van der Waals surface area (Å²) in [6.07, 6.45) is 3.82. The van der Waals surface area contributed by atoms with E-state index in [4.69, 9.17) is 4.98 Å². The average molecular weight is 328 g/mol. The summed E-state index contributed by atoms with van der Waals surface area (Å²) >= 11 is 1.47. The first kappa shape index (κ1) is 14.6. The van der Waals surface area contributed by atoms with E-state index in [1.165, 1.54) is 11.5 Å². The van der Waals surface area contributed by atoms with Crippen LogP contribution in [-0.4, -0.2) is 45.8 Å². The number of hydrogen-bond acceptors (Lipinski definition) is 5. The number of aromatic nitrogens is 2. The highest BCUT2D eigenvalue weighted by Crippen LogP contribution is 2.28. The molecule has 2 aliphatic heterocycles. The first-order chi connectivity index (χ1) is 11.3. The Balaban J connectivity index is 1.41. The fourth-order valence-corrected chi connectivity index (χ4v) is 4.21. The van der Waals surface area contributed by atoms with Crippen LogP contribution in [0.1, 0.15) is 25.7 Å². The molecule has 23 heavy (non-hydrogen) atoms. The van der Waals surface area contributed by atoms with Crippen LogP contribution in [0.2, 0.25) is 0 Å². The minimum absolute atomic E-state index is 0.339. The molecule has 0 aliphatic carbocycles. The molecule has 4 rings (SSSR count). The number of carbonyl (C=O) groups is 1. The zero-order valence-corrected chi connectivity index (χ0v) is 13.8. The van der Waals surface area contributed by atoms with Gasteiger partial charge in [0.15, 0.2) is 5.82 Å². The summed E-state index contributed by atoms with van der Waals surface area (Å²) in [5, 5.41) is 0.995. The van der Waals surface area contributed by atoms with E-state index in [0.717, 1.165) is 61.8 Å². The number of piperidine rings is 1. The molecule has 0 N–H and O–H groups in total. The van der Waals surface area contributed by atoms with Gasteiger partial charge in [-0.15, -0.1) is 0 Å². The number of rotatable bonds is 3. The number of anilines is 1. The van der Waals surface area contributed by atoms with E-state index >= 15 is 0 Å². The smallest absolute Gasteiger partial charge is 0.222 e. The van der Waals surface area contributed by atoms with Crippen molar-refractivity contribution < 1.29 is 4.79 Å². The molecule has 2 aromatic rings. The summed E-state index contributed by atoms with van der Waals surface area (Å²) in [7, 11) is 0. The van der Waals surface area contributed by atoms with Gasteiger partial charge in [0, 0.05) is 49.2 Å². The molecule has 0 saturated carbocycles. The maximum Gasteiger partial charge on any atom is 0.222 e. The van der Waals surface area contributed by atoms with Crippen LogP contribution in [-0.2, 0) is 4.79 Å². The van der Waals surface area contributed by atoms with E-state index in [0.29, 0.717) is 11.9 Å². The van der Waals surface area contributed by atoms with Gasteiger partial charge >= 0.3 is 0 Å². The third-order valence-corrected chi connectivity index (χ3v) is 5.51. The Morgan fingerprint density at radius 2 is 1.87 bits per heavy atom. The lowest BCUT2D eigenvalue weighted by Crippen LogP contribution is -2.45. The van der Waals surface area contributed by atoms with Crippen molar-refractivity contribution in [3.8, 4) is 11.4 Å². The molecule has 0 atom stereocenters. The van der Waals surface area contributed by atoms with Gasteiger partial charge in [0.2, 0.25) is 11.0 Å². The molecule has 2 fully saturated rings. The van der Waals surface area contributed by atoms with Crippen LogP contribution in [0.15, 0.2) is 30.3 Å². The Hall–Kier alpha value is -1.95. The Bertz CT molecular complexity index is 679. The van der Waals surface area contributed by atoms with Crippen molar-refractivity contribution in [3.05, 3.63) is 30.3 Å². The van der Waals surface area contributed by atoms with Gasteiger partial charge in [0.25, 0.3) is 0 Å². The predicted molar refractivity (Wildman–Crippen MR) is 91.5 cm³/mol. The Labute approximate surface area is 140 Å². The molecule has 0 bridgehead atoms. The van der Waals surface area contributed by atoms with Crippen molar-refractivity contribution in [1.29, 1.82) is 0 Å². The maximum atomic E-state index is 11.9. The first-order valence-electron chi connectivity index (χ1n) is 8.25. The lowest BCUT2D eigenvalue weighted by Gasteiger charge is -2.36. The minimum atomic E-state index is 0.339. The molecule has 1 aromatic heterocycles. The summed E-state index contributed by atoms with van der Waals surface area (Å²) in [5.41, 5.74) is 1.06. The molecule has 0 spiro atoms. The molecular formula is C17H20N4OS. The minimum Gasteiger partial charge on any atom is -0.347 e. The number of likely N-dealkylation sites (tertiary alicyclic amines) is 1. The summed E-state index contributed by atoms with van der Waals surface area (Å²) in [6.45, 7) is 2.86. The van der Waals surface area contributed by atoms with Gasteiger partial charge in [0.1, 0.15) is 0 Å². The zero-order chi connectivity index (χ0) is 15.6. The van der Waals surface area contributed by atoms with Gasteiger partial charge in [-0.3, -0.25) is 4.79 Å². The van der Waals surface area contributed by atoms with Crippen LogP contribution in [0.3, 0.4) is 0 Å². The monoisotopic (exact) mass is 328 g/mol. The fraction of sp³-hybridized carbons (Fsp3) is 0.471. The molecule has 2 aliphatic rings. The number of benzene rings is 1. The average Bonchev–Trinajstić information content (AvgIpc) is 3.25. The highest BCUT2D eigenvalue weighted by molar-refractivity contribution is 7.09. The zero-order valence-electron chi connectivity index (χ0n) is 13.0. The van der Waals surface area contributed by atoms with Crippen molar-refractivity contribution in [2.45, 2.75) is 31.7 Å². The molecule has 120 valence electrons. The van der Waals surface area contributed by atoms with E-state index in [1.54, 1.807) is 0 Å². The normalized spacial score (nSPS) is 19.6. The second kappa shape index (κ2) is 6.28. The van der Waals surface area contributed by atoms with Crippen LogP contribution in [0.4, 0.5) is 5.13 Å². The van der Waals surface area contributed by atoms with Crippen molar-refractivity contribution >= 4 is 22.6 Å². The number of hydrogen-bond donors (Lipinski definition) is 0. The highest BCUT2D eigenvalue weighted by Gasteiger charge is 2.31. The predicted octanol–water partition coefficient (Wildman–Crippen LogP) is 2.80. The molecule has 0 unspecified atom stereocenters. The second-order valence-corrected chi connectivity index (χ2v) is 6.91. The Kier molecular flexibility index (Phi) is 3.99. The van der Waals surface area contributed by atoms with Crippen LogP contribution >= 0.6 is 11.5 Å². The highest BCUT2D eigenvalue weighted by atomic mass is 32.1. The Morgan fingerprint density at radius 1 is 1.09 bits per heavy atom. The molecule has 3 heterocycles. The molecule has 1 amide bonds. The van der Waals surface area contributed by atoms with Crippen LogP contribution < -0.4 is 4.90 Å². The van der Waals surface area contributed by atoms with Gasteiger partial charge < -0.3 is 9.80 Å². The van der Waals surface area contributed by atoms with Gasteiger partial charge in [-0.05, 0) is 19.3 Å². The van der Waals surface area contributed by atoms with E-state index in [-0.39, 0.29) is 0 Å². The quantitative estimate of drug-likeness (QED) is 0.869. The van der Waals surface area contributed by atoms with Gasteiger partial charge in [0.05, 0.1) is 0 Å². The number of carbonyl (C=O) groups excluding carboxylic acids is 1. The third-order valence-electron chi connectivity index (χ3n) is 4.73. The lowest BCUT2D eigenvalue weighted by molar-refractivity contribution is -0.130. The van der Waals surface area contributed by atoms with E-state index in [2.05, 4.69) is 14.2 Å². The number of amides is 1. The fourth-order valence-electron chi connectivity index (χ4n) is 3.47. The van der Waals surface area contributed by atoms with Crippen molar-refractivity contribution in [2.75, 3.05) is 24.5 Å². The largest absolute Gasteiger partial charge is 0.347 e. The maximum absolute atomic E-state index is 11.9. The van der Waals surface area contributed by atoms with Crippen LogP contribution in [0.5, 0.6) is 0 Å². The molecule has 2 saturated heterocycles. The summed E-state index contributed by atoms with van der Waals surface area (Å²) < 4.78 is 4.49. The lowest BCUT2D eigenvalue weighted by atomic mass is 10.0. The third kappa shape index (κ3) is 2.95. The molecule has 6 heteroatoms. The molecule has 5 nitrogen and oxygen atoms in total.